The highest BCUT2D eigenvalue weighted by Gasteiger charge is 2.40. The normalized spacial score (nSPS) is 20.2. The molecule has 5 rings (SSSR count). The van der Waals surface area contributed by atoms with Crippen LogP contribution in [0.15, 0.2) is 115 Å². The Balaban J connectivity index is 1.87. The molecule has 0 amide bonds. The summed E-state index contributed by atoms with van der Waals surface area (Å²) < 4.78 is 2.47. The molecule has 2 atom stereocenters. The molecule has 1 aliphatic carbocycles. The van der Waals surface area contributed by atoms with Gasteiger partial charge < -0.3 is 0 Å². The quantitative estimate of drug-likeness (QED) is 0.200. The molecule has 4 aromatic rings. The van der Waals surface area contributed by atoms with Gasteiger partial charge in [0.15, 0.2) is 6.20 Å². The summed E-state index contributed by atoms with van der Waals surface area (Å²) in [6.45, 7) is 6.78. The zero-order valence-corrected chi connectivity index (χ0v) is 22.0. The van der Waals surface area contributed by atoms with Crippen molar-refractivity contribution in [3.8, 4) is 34.7 Å². The van der Waals surface area contributed by atoms with E-state index >= 15 is 0 Å². The molecule has 0 saturated heterocycles. The van der Waals surface area contributed by atoms with Gasteiger partial charge in [-0.15, -0.1) is 6.42 Å². The van der Waals surface area contributed by atoms with E-state index in [0.717, 1.165) is 12.8 Å². The van der Waals surface area contributed by atoms with Crippen LogP contribution < -0.4 is 4.57 Å². The van der Waals surface area contributed by atoms with Crippen molar-refractivity contribution in [2.45, 2.75) is 45.1 Å². The minimum absolute atomic E-state index is 0.0732. The van der Waals surface area contributed by atoms with E-state index in [2.05, 4.69) is 147 Å². The van der Waals surface area contributed by atoms with Crippen LogP contribution in [0.4, 0.5) is 0 Å². The van der Waals surface area contributed by atoms with Gasteiger partial charge in [-0.3, -0.25) is 0 Å². The topological polar surface area (TPSA) is 3.88 Å². The molecule has 0 N–H and O–H groups in total. The molecule has 0 aliphatic heterocycles. The van der Waals surface area contributed by atoms with Crippen LogP contribution in [0, 0.1) is 19.3 Å². The molecule has 182 valence electrons. The predicted octanol–water partition coefficient (Wildman–Crippen LogP) is 8.18. The van der Waals surface area contributed by atoms with Gasteiger partial charge in [0.2, 0.25) is 11.2 Å². The summed E-state index contributed by atoms with van der Waals surface area (Å²) in [6.07, 6.45) is 19.2. The lowest BCUT2D eigenvalue weighted by molar-refractivity contribution is -0.728. The summed E-state index contributed by atoms with van der Waals surface area (Å²) in [4.78, 5) is 0. The first kappa shape index (κ1) is 24.5. The molecule has 1 heteroatoms. The average molecular weight is 481 g/mol. The molecule has 0 spiro atoms. The summed E-state index contributed by atoms with van der Waals surface area (Å²) in [5, 5.41) is 0. The third-order valence-corrected chi connectivity index (χ3v) is 7.55. The minimum atomic E-state index is -0.456. The Morgan fingerprint density at radius 3 is 2.41 bits per heavy atom. The second kappa shape index (κ2) is 10.5. The fourth-order valence-electron chi connectivity index (χ4n) is 5.62. The number of fused-ring (bicyclic) bond motifs is 1. The molecule has 1 aliphatic rings. The van der Waals surface area contributed by atoms with Crippen LogP contribution in [0.3, 0.4) is 0 Å². The van der Waals surface area contributed by atoms with Gasteiger partial charge in [-0.25, -0.2) is 0 Å². The molecule has 1 nitrogen and oxygen atoms in total. The number of allylic oxidation sites excluding steroid dienone is 4. The van der Waals surface area contributed by atoms with Crippen molar-refractivity contribution in [3.05, 3.63) is 138 Å². The molecule has 37 heavy (non-hydrogen) atoms. The third kappa shape index (κ3) is 4.56. The van der Waals surface area contributed by atoms with Gasteiger partial charge >= 0.3 is 0 Å². The summed E-state index contributed by atoms with van der Waals surface area (Å²) in [7, 11) is 0. The largest absolute Gasteiger partial charge is 0.214 e. The first-order valence-corrected chi connectivity index (χ1v) is 13.2. The number of aryl methyl sites for hydroxylation is 2. The molecule has 0 saturated carbocycles. The minimum Gasteiger partial charge on any atom is -0.184 e. The van der Waals surface area contributed by atoms with E-state index < -0.39 is 5.54 Å². The molecular formula is C36H34N+. The van der Waals surface area contributed by atoms with Crippen molar-refractivity contribution in [1.29, 1.82) is 0 Å². The Morgan fingerprint density at radius 1 is 0.892 bits per heavy atom. The van der Waals surface area contributed by atoms with Crippen molar-refractivity contribution in [2.24, 2.45) is 0 Å². The van der Waals surface area contributed by atoms with Gasteiger partial charge in [-0.1, -0.05) is 110 Å². The van der Waals surface area contributed by atoms with Gasteiger partial charge in [0.05, 0.1) is 5.92 Å². The summed E-state index contributed by atoms with van der Waals surface area (Å²) >= 11 is 0. The van der Waals surface area contributed by atoms with E-state index in [-0.39, 0.29) is 5.92 Å². The van der Waals surface area contributed by atoms with Gasteiger partial charge in [-0.2, -0.15) is 4.57 Å². The average Bonchev–Trinajstić information content (AvgIpc) is 2.93. The number of terminal acetylenes is 1. The first-order valence-electron chi connectivity index (χ1n) is 13.2. The Bertz CT molecular complexity index is 1520. The first-order chi connectivity index (χ1) is 18.1. The fourth-order valence-corrected chi connectivity index (χ4v) is 5.62. The Hall–Kier alpha value is -4.15. The summed E-state index contributed by atoms with van der Waals surface area (Å²) in [5.41, 5.74) is 9.52. The summed E-state index contributed by atoms with van der Waals surface area (Å²) in [6, 6.07) is 30.5. The highest BCUT2D eigenvalue weighted by Crippen LogP contribution is 2.36. The van der Waals surface area contributed by atoms with E-state index in [1.54, 1.807) is 0 Å². The smallest absolute Gasteiger partial charge is 0.184 e. The van der Waals surface area contributed by atoms with Crippen molar-refractivity contribution in [2.75, 3.05) is 0 Å². The van der Waals surface area contributed by atoms with Gasteiger partial charge in [0.1, 0.15) is 0 Å². The van der Waals surface area contributed by atoms with Crippen LogP contribution in [0.5, 0.6) is 0 Å². The van der Waals surface area contributed by atoms with Crippen LogP contribution in [0.1, 0.15) is 48.4 Å². The van der Waals surface area contributed by atoms with Crippen LogP contribution in [-0.4, -0.2) is 0 Å². The van der Waals surface area contributed by atoms with Crippen LogP contribution in [-0.2, 0) is 12.0 Å². The number of nitrogens with zero attached hydrogens (tertiary/aromatic N) is 1. The van der Waals surface area contributed by atoms with Crippen molar-refractivity contribution >= 4 is 0 Å². The van der Waals surface area contributed by atoms with Gasteiger partial charge in [-0.05, 0) is 47.7 Å². The third-order valence-electron chi connectivity index (χ3n) is 7.55. The Morgan fingerprint density at radius 2 is 1.62 bits per heavy atom. The van der Waals surface area contributed by atoms with Gasteiger partial charge in [0.25, 0.3) is 0 Å². The summed E-state index contributed by atoms with van der Waals surface area (Å²) in [5.74, 6) is 2.93. The van der Waals surface area contributed by atoms with Crippen LogP contribution in [0.2, 0.25) is 0 Å². The number of rotatable bonds is 5. The number of pyridine rings is 1. The van der Waals surface area contributed by atoms with Gasteiger partial charge in [0, 0.05) is 29.7 Å². The van der Waals surface area contributed by atoms with Crippen molar-refractivity contribution in [3.63, 3.8) is 0 Å². The number of hydrogen-bond donors (Lipinski definition) is 0. The molecule has 0 bridgehead atoms. The lowest BCUT2D eigenvalue weighted by Gasteiger charge is -2.29. The van der Waals surface area contributed by atoms with E-state index in [4.69, 9.17) is 6.42 Å². The molecule has 0 radical (unpaired) electrons. The van der Waals surface area contributed by atoms with E-state index in [0.29, 0.717) is 0 Å². The highest BCUT2D eigenvalue weighted by molar-refractivity contribution is 5.70. The number of aromatic nitrogens is 1. The molecule has 0 fully saturated rings. The van der Waals surface area contributed by atoms with Crippen LogP contribution in [0.25, 0.3) is 22.4 Å². The van der Waals surface area contributed by atoms with E-state index in [9.17, 15) is 0 Å². The van der Waals surface area contributed by atoms with E-state index in [1.165, 1.54) is 44.6 Å². The zero-order chi connectivity index (χ0) is 25.8. The predicted molar refractivity (Wildman–Crippen MR) is 155 cm³/mol. The molecule has 1 heterocycles. The monoisotopic (exact) mass is 480 g/mol. The van der Waals surface area contributed by atoms with Crippen LogP contribution >= 0.6 is 0 Å². The number of hydrogen-bond acceptors (Lipinski definition) is 0. The maximum absolute atomic E-state index is 6.03. The Kier molecular flexibility index (Phi) is 6.93. The maximum atomic E-state index is 6.03. The van der Waals surface area contributed by atoms with Crippen molar-refractivity contribution in [1.82, 2.24) is 0 Å². The van der Waals surface area contributed by atoms with E-state index in [1.807, 2.05) is 0 Å². The molecule has 2 unspecified atom stereocenters. The number of benzene rings is 3. The fraction of sp³-hybridized carbons (Fsp3) is 0.194. The second-order valence-corrected chi connectivity index (χ2v) is 10.0. The van der Waals surface area contributed by atoms with Crippen molar-refractivity contribution < 1.29 is 4.57 Å². The molecule has 1 aromatic heterocycles. The maximum Gasteiger partial charge on any atom is 0.214 e. The SMILES string of the molecule is C#CC1/C=C\C=C/C(C)([n+]2cc(-c3ccccc3)c(C)cc2-c2ccccc2CCC)c2ccccc21. The standard InChI is InChI=1S/C36H34N/c1-5-16-29-20-10-11-22-32(29)35-25-27(3)33(30-18-8-7-9-19-30)26-37(35)36(4)24-15-14-17-28(6-2)31-21-12-13-23-34(31)36/h2,7-15,17-26,28H,5,16H2,1,3-4H3/q+1/b17-14-,24-15-. The molecule has 3 aromatic carbocycles. The lowest BCUT2D eigenvalue weighted by Crippen LogP contribution is -2.56. The lowest BCUT2D eigenvalue weighted by atomic mass is 9.80. The Labute approximate surface area is 221 Å². The second-order valence-electron chi connectivity index (χ2n) is 10.0. The zero-order valence-electron chi connectivity index (χ0n) is 22.0. The highest BCUT2D eigenvalue weighted by atomic mass is 15.1. The molecular weight excluding hydrogens is 446 g/mol.